The lowest BCUT2D eigenvalue weighted by molar-refractivity contribution is 0.555. The maximum atomic E-state index is 5.44. The Balaban J connectivity index is 2.13. The molecule has 2 atom stereocenters. The normalized spacial score (nSPS) is 19.7. The highest BCUT2D eigenvalue weighted by molar-refractivity contribution is 5.76. The Labute approximate surface area is 95.7 Å². The summed E-state index contributed by atoms with van der Waals surface area (Å²) in [7, 11) is 0. The van der Waals surface area contributed by atoms with Crippen LogP contribution in [0.4, 0.5) is 5.69 Å². The fourth-order valence-electron chi connectivity index (χ4n) is 2.22. The molecule has 0 aromatic heterocycles. The van der Waals surface area contributed by atoms with Crippen molar-refractivity contribution in [2.75, 3.05) is 5.32 Å². The van der Waals surface area contributed by atoms with Gasteiger partial charge in [-0.2, -0.15) is 0 Å². The van der Waals surface area contributed by atoms with E-state index in [1.807, 2.05) is 6.07 Å². The van der Waals surface area contributed by atoms with E-state index in [4.69, 9.17) is 11.5 Å². The van der Waals surface area contributed by atoms with Gasteiger partial charge in [0.1, 0.15) is 0 Å². The van der Waals surface area contributed by atoms with Crippen molar-refractivity contribution in [3.05, 3.63) is 29.8 Å². The zero-order valence-corrected chi connectivity index (χ0v) is 9.48. The predicted octanol–water partition coefficient (Wildman–Crippen LogP) is 1.08. The minimum Gasteiger partial charge on any atom is -0.380 e. The first-order valence-electron chi connectivity index (χ1n) is 5.64. The number of hydrogen-bond donors (Lipinski definition) is 3. The molecule has 1 heterocycles. The topological polar surface area (TPSA) is 76.4 Å². The Morgan fingerprint density at radius 1 is 1.50 bits per heavy atom. The highest BCUT2D eigenvalue weighted by Crippen LogP contribution is 2.28. The second-order valence-corrected chi connectivity index (χ2v) is 4.14. The average Bonchev–Trinajstić information content (AvgIpc) is 2.68. The number of aliphatic imine (C=N–C) groups is 1. The molecule has 1 aromatic rings. The van der Waals surface area contributed by atoms with Gasteiger partial charge < -0.3 is 16.8 Å². The van der Waals surface area contributed by atoms with E-state index in [9.17, 15) is 0 Å². The van der Waals surface area contributed by atoms with E-state index in [2.05, 4.69) is 35.4 Å². The standard InChI is InChI=1S/C12H18N4/c1-2-9(16-12(13)14)11-7-8-5-3-4-6-10(8)15-11/h3-6,9,11,15H,2,7H2,1H3,(H4,13,14,16). The maximum Gasteiger partial charge on any atom is 0.186 e. The summed E-state index contributed by atoms with van der Waals surface area (Å²) < 4.78 is 0. The smallest absolute Gasteiger partial charge is 0.186 e. The van der Waals surface area contributed by atoms with E-state index < -0.39 is 0 Å². The van der Waals surface area contributed by atoms with Crippen molar-refractivity contribution in [3.8, 4) is 0 Å². The Morgan fingerprint density at radius 2 is 2.25 bits per heavy atom. The van der Waals surface area contributed by atoms with Crippen molar-refractivity contribution in [1.82, 2.24) is 0 Å². The molecule has 2 unspecified atom stereocenters. The van der Waals surface area contributed by atoms with Crippen LogP contribution in [0.1, 0.15) is 18.9 Å². The molecule has 0 saturated carbocycles. The van der Waals surface area contributed by atoms with Crippen molar-refractivity contribution < 1.29 is 0 Å². The lowest BCUT2D eigenvalue weighted by Crippen LogP contribution is -2.34. The van der Waals surface area contributed by atoms with Gasteiger partial charge in [-0.3, -0.25) is 0 Å². The van der Waals surface area contributed by atoms with Crippen molar-refractivity contribution in [2.24, 2.45) is 16.5 Å². The quantitative estimate of drug-likeness (QED) is 0.525. The molecule has 1 aliphatic heterocycles. The van der Waals surface area contributed by atoms with Gasteiger partial charge in [0.2, 0.25) is 0 Å². The highest BCUT2D eigenvalue weighted by atomic mass is 15.1. The van der Waals surface area contributed by atoms with Crippen molar-refractivity contribution in [2.45, 2.75) is 31.8 Å². The highest BCUT2D eigenvalue weighted by Gasteiger charge is 2.26. The summed E-state index contributed by atoms with van der Waals surface area (Å²) in [5.74, 6) is 0.171. The number of guanidine groups is 1. The summed E-state index contributed by atoms with van der Waals surface area (Å²) in [5.41, 5.74) is 13.4. The molecule has 0 aliphatic carbocycles. The third kappa shape index (κ3) is 2.10. The van der Waals surface area contributed by atoms with Crippen LogP contribution in [-0.4, -0.2) is 18.0 Å². The molecule has 5 N–H and O–H groups in total. The number of nitrogens with zero attached hydrogens (tertiary/aromatic N) is 1. The Kier molecular flexibility index (Phi) is 2.99. The third-order valence-corrected chi connectivity index (χ3v) is 3.00. The van der Waals surface area contributed by atoms with Gasteiger partial charge >= 0.3 is 0 Å². The van der Waals surface area contributed by atoms with Gasteiger partial charge in [-0.25, -0.2) is 4.99 Å². The van der Waals surface area contributed by atoms with Crippen LogP contribution in [0.5, 0.6) is 0 Å². The number of nitrogens with two attached hydrogens (primary N) is 2. The average molecular weight is 218 g/mol. The molecule has 1 aliphatic rings. The van der Waals surface area contributed by atoms with Crippen molar-refractivity contribution >= 4 is 11.6 Å². The number of fused-ring (bicyclic) bond motifs is 1. The van der Waals surface area contributed by atoms with Gasteiger partial charge in [-0.15, -0.1) is 0 Å². The summed E-state index contributed by atoms with van der Waals surface area (Å²) in [6, 6.07) is 8.80. The van der Waals surface area contributed by atoms with Gasteiger partial charge in [0.25, 0.3) is 0 Å². The largest absolute Gasteiger partial charge is 0.380 e. The Hall–Kier alpha value is -1.71. The second-order valence-electron chi connectivity index (χ2n) is 4.14. The first-order chi connectivity index (χ1) is 7.70. The van der Waals surface area contributed by atoms with E-state index in [-0.39, 0.29) is 12.0 Å². The van der Waals surface area contributed by atoms with Crippen molar-refractivity contribution in [1.29, 1.82) is 0 Å². The SMILES string of the molecule is CCC(N=C(N)N)C1Cc2ccccc2N1. The summed E-state index contributed by atoms with van der Waals surface area (Å²) in [4.78, 5) is 4.27. The maximum absolute atomic E-state index is 5.44. The van der Waals surface area contributed by atoms with E-state index in [1.54, 1.807) is 0 Å². The molecule has 0 saturated heterocycles. The minimum atomic E-state index is 0.150. The van der Waals surface area contributed by atoms with E-state index >= 15 is 0 Å². The van der Waals surface area contributed by atoms with Gasteiger partial charge in [0.05, 0.1) is 12.1 Å². The van der Waals surface area contributed by atoms with E-state index in [0.717, 1.165) is 12.8 Å². The Morgan fingerprint density at radius 3 is 2.88 bits per heavy atom. The number of anilines is 1. The molecule has 1 aromatic carbocycles. The van der Waals surface area contributed by atoms with E-state index in [1.165, 1.54) is 11.3 Å². The summed E-state index contributed by atoms with van der Waals surface area (Å²) >= 11 is 0. The molecule has 86 valence electrons. The second kappa shape index (κ2) is 4.43. The molecule has 0 fully saturated rings. The summed E-state index contributed by atoms with van der Waals surface area (Å²) in [6.45, 7) is 2.10. The molecule has 2 rings (SSSR count). The predicted molar refractivity (Wildman–Crippen MR) is 67.4 cm³/mol. The van der Waals surface area contributed by atoms with Gasteiger partial charge in [0.15, 0.2) is 5.96 Å². The van der Waals surface area contributed by atoms with Crippen LogP contribution in [0, 0.1) is 0 Å². The fraction of sp³-hybridized carbons (Fsp3) is 0.417. The van der Waals surface area contributed by atoms with Gasteiger partial charge in [-0.1, -0.05) is 25.1 Å². The first-order valence-corrected chi connectivity index (χ1v) is 5.64. The minimum absolute atomic E-state index is 0.150. The van der Waals surface area contributed by atoms with Crippen LogP contribution in [0.2, 0.25) is 0 Å². The number of rotatable bonds is 3. The molecule has 4 nitrogen and oxygen atoms in total. The fourth-order valence-corrected chi connectivity index (χ4v) is 2.22. The van der Waals surface area contributed by atoms with Gasteiger partial charge in [0, 0.05) is 5.69 Å². The number of hydrogen-bond acceptors (Lipinski definition) is 2. The summed E-state index contributed by atoms with van der Waals surface area (Å²) in [6.07, 6.45) is 1.93. The van der Waals surface area contributed by atoms with E-state index in [0.29, 0.717) is 6.04 Å². The number of nitrogens with one attached hydrogen (secondary N) is 1. The van der Waals surface area contributed by atoms with Crippen LogP contribution >= 0.6 is 0 Å². The molecule has 0 bridgehead atoms. The van der Waals surface area contributed by atoms with Crippen LogP contribution in [0.15, 0.2) is 29.3 Å². The number of para-hydroxylation sites is 1. The van der Waals surface area contributed by atoms with Crippen LogP contribution in [0.25, 0.3) is 0 Å². The zero-order valence-electron chi connectivity index (χ0n) is 9.48. The van der Waals surface area contributed by atoms with Crippen LogP contribution in [0.3, 0.4) is 0 Å². The molecule has 0 amide bonds. The molecule has 16 heavy (non-hydrogen) atoms. The first kappa shape index (κ1) is 10.8. The Bertz CT molecular complexity index is 371. The molecular weight excluding hydrogens is 200 g/mol. The molecule has 4 heteroatoms. The molecular formula is C12H18N4. The van der Waals surface area contributed by atoms with Gasteiger partial charge in [-0.05, 0) is 24.5 Å². The third-order valence-electron chi connectivity index (χ3n) is 3.00. The summed E-state index contributed by atoms with van der Waals surface area (Å²) in [5, 5.41) is 3.47. The van der Waals surface area contributed by atoms with Crippen LogP contribution in [-0.2, 0) is 6.42 Å². The van der Waals surface area contributed by atoms with Crippen molar-refractivity contribution in [3.63, 3.8) is 0 Å². The molecule has 0 radical (unpaired) electrons. The number of benzene rings is 1. The lowest BCUT2D eigenvalue weighted by Gasteiger charge is -2.19. The molecule has 0 spiro atoms. The lowest BCUT2D eigenvalue weighted by atomic mass is 10.0. The van der Waals surface area contributed by atoms with Crippen LogP contribution < -0.4 is 16.8 Å². The monoisotopic (exact) mass is 218 g/mol. The zero-order chi connectivity index (χ0) is 11.5.